The van der Waals surface area contributed by atoms with E-state index in [2.05, 4.69) is 52.7 Å². The first kappa shape index (κ1) is 19.0. The third-order valence-corrected chi connectivity index (χ3v) is 6.39. The first-order valence-corrected chi connectivity index (χ1v) is 10.3. The Morgan fingerprint density at radius 3 is 2.57 bits per heavy atom. The van der Waals surface area contributed by atoms with Crippen LogP contribution in [0.1, 0.15) is 43.2 Å². The van der Waals surface area contributed by atoms with Crippen molar-refractivity contribution in [2.24, 2.45) is 5.92 Å². The van der Waals surface area contributed by atoms with Gasteiger partial charge in [0.1, 0.15) is 5.75 Å². The Hall–Kier alpha value is -2.33. The number of piperidine rings is 1. The second kappa shape index (κ2) is 7.96. The van der Waals surface area contributed by atoms with Crippen molar-refractivity contribution in [2.45, 2.75) is 37.6 Å². The number of hydrogen-bond acceptors (Lipinski definition) is 3. The summed E-state index contributed by atoms with van der Waals surface area (Å²) in [5.74, 6) is 2.39. The fourth-order valence-electron chi connectivity index (χ4n) is 4.76. The van der Waals surface area contributed by atoms with Crippen LogP contribution in [0, 0.1) is 5.92 Å². The number of benzene rings is 2. The highest BCUT2D eigenvalue weighted by Crippen LogP contribution is 2.49. The fraction of sp³-hybridized carbons (Fsp3) is 0.458. The van der Waals surface area contributed by atoms with Gasteiger partial charge in [-0.3, -0.25) is 4.79 Å². The van der Waals surface area contributed by atoms with E-state index in [4.69, 9.17) is 4.74 Å². The molecule has 148 valence electrons. The molecule has 0 aromatic heterocycles. The van der Waals surface area contributed by atoms with Gasteiger partial charge in [-0.05, 0) is 54.4 Å². The number of likely N-dealkylation sites (tertiary alicyclic amines) is 1. The van der Waals surface area contributed by atoms with Crippen LogP contribution in [0.15, 0.2) is 54.6 Å². The Morgan fingerprint density at radius 1 is 1.14 bits per heavy atom. The van der Waals surface area contributed by atoms with Gasteiger partial charge in [-0.15, -0.1) is 0 Å². The van der Waals surface area contributed by atoms with Gasteiger partial charge in [0.15, 0.2) is 0 Å². The molecule has 1 aliphatic carbocycles. The van der Waals surface area contributed by atoms with Gasteiger partial charge in [-0.2, -0.15) is 0 Å². The summed E-state index contributed by atoms with van der Waals surface area (Å²) in [5, 5.41) is 3.27. The van der Waals surface area contributed by atoms with E-state index in [0.717, 1.165) is 44.1 Å². The molecular weight excluding hydrogens is 348 g/mol. The maximum Gasteiger partial charge on any atom is 0.217 e. The van der Waals surface area contributed by atoms with E-state index < -0.39 is 0 Å². The minimum Gasteiger partial charge on any atom is -0.497 e. The summed E-state index contributed by atoms with van der Waals surface area (Å²) in [6, 6.07) is 19.0. The van der Waals surface area contributed by atoms with Crippen LogP contribution in [0.25, 0.3) is 0 Å². The van der Waals surface area contributed by atoms with E-state index in [0.29, 0.717) is 5.92 Å². The van der Waals surface area contributed by atoms with Crippen molar-refractivity contribution in [2.75, 3.05) is 26.7 Å². The zero-order chi connectivity index (χ0) is 19.6. The maximum absolute atomic E-state index is 11.9. The average Bonchev–Trinajstić information content (AvgIpc) is 3.49. The SMILES string of the molecule is COc1cccc([C@H]2C[C@H]2CN2CCC(NC(C)=O)(c3ccccc3)CC2)c1. The molecule has 0 spiro atoms. The number of nitrogens with zero attached hydrogens (tertiary/aromatic N) is 1. The van der Waals surface area contributed by atoms with Crippen molar-refractivity contribution in [3.63, 3.8) is 0 Å². The van der Waals surface area contributed by atoms with Gasteiger partial charge in [0.05, 0.1) is 12.6 Å². The lowest BCUT2D eigenvalue weighted by atomic mass is 9.80. The van der Waals surface area contributed by atoms with E-state index in [1.54, 1.807) is 14.0 Å². The molecule has 2 aromatic carbocycles. The summed E-state index contributed by atoms with van der Waals surface area (Å²) in [6.45, 7) is 4.82. The molecule has 1 saturated carbocycles. The Kier molecular flexibility index (Phi) is 5.40. The summed E-state index contributed by atoms with van der Waals surface area (Å²) >= 11 is 0. The number of methoxy groups -OCH3 is 1. The van der Waals surface area contributed by atoms with Crippen LogP contribution in [-0.2, 0) is 10.3 Å². The molecule has 2 aromatic rings. The first-order valence-electron chi connectivity index (χ1n) is 10.3. The Balaban J connectivity index is 1.36. The monoisotopic (exact) mass is 378 g/mol. The van der Waals surface area contributed by atoms with Gasteiger partial charge in [0.25, 0.3) is 0 Å². The van der Waals surface area contributed by atoms with Gasteiger partial charge < -0.3 is 15.0 Å². The quantitative estimate of drug-likeness (QED) is 0.828. The van der Waals surface area contributed by atoms with Crippen LogP contribution < -0.4 is 10.1 Å². The van der Waals surface area contributed by atoms with Crippen molar-refractivity contribution in [1.29, 1.82) is 0 Å². The van der Waals surface area contributed by atoms with Crippen LogP contribution in [0.2, 0.25) is 0 Å². The van der Waals surface area contributed by atoms with E-state index in [1.165, 1.54) is 17.5 Å². The molecule has 4 rings (SSSR count). The summed E-state index contributed by atoms with van der Waals surface area (Å²) < 4.78 is 5.37. The zero-order valence-corrected chi connectivity index (χ0v) is 16.9. The number of carbonyl (C=O) groups is 1. The van der Waals surface area contributed by atoms with Crippen molar-refractivity contribution < 1.29 is 9.53 Å². The molecule has 0 radical (unpaired) electrons. The van der Waals surface area contributed by atoms with Gasteiger partial charge in [0.2, 0.25) is 5.91 Å². The predicted octanol–water partition coefficient (Wildman–Crippen LogP) is 3.93. The van der Waals surface area contributed by atoms with Gasteiger partial charge in [0, 0.05) is 26.6 Å². The van der Waals surface area contributed by atoms with Crippen LogP contribution in [0.3, 0.4) is 0 Å². The lowest BCUT2D eigenvalue weighted by Crippen LogP contribution is -2.52. The Labute approximate surface area is 167 Å². The number of ether oxygens (including phenoxy) is 1. The second-order valence-electron chi connectivity index (χ2n) is 8.31. The smallest absolute Gasteiger partial charge is 0.217 e. The molecule has 1 amide bonds. The Bertz CT molecular complexity index is 812. The summed E-state index contributed by atoms with van der Waals surface area (Å²) in [5.41, 5.74) is 2.41. The molecule has 2 fully saturated rings. The number of nitrogens with one attached hydrogen (secondary N) is 1. The lowest BCUT2D eigenvalue weighted by Gasteiger charge is -2.43. The fourth-order valence-corrected chi connectivity index (χ4v) is 4.76. The summed E-state index contributed by atoms with van der Waals surface area (Å²) in [7, 11) is 1.73. The topological polar surface area (TPSA) is 41.6 Å². The first-order chi connectivity index (χ1) is 13.6. The molecule has 1 aliphatic heterocycles. The van der Waals surface area contributed by atoms with Crippen LogP contribution >= 0.6 is 0 Å². The normalized spacial score (nSPS) is 23.8. The minimum absolute atomic E-state index is 0.0533. The number of amides is 1. The molecule has 1 heterocycles. The van der Waals surface area contributed by atoms with Crippen molar-refractivity contribution in [1.82, 2.24) is 10.2 Å². The molecule has 2 aliphatic rings. The van der Waals surface area contributed by atoms with E-state index in [1.807, 2.05) is 12.1 Å². The summed E-state index contributed by atoms with van der Waals surface area (Å²) in [4.78, 5) is 14.5. The molecule has 28 heavy (non-hydrogen) atoms. The predicted molar refractivity (Wildman–Crippen MR) is 111 cm³/mol. The third-order valence-electron chi connectivity index (χ3n) is 6.39. The van der Waals surface area contributed by atoms with Crippen LogP contribution in [-0.4, -0.2) is 37.6 Å². The molecule has 0 unspecified atom stereocenters. The van der Waals surface area contributed by atoms with E-state index >= 15 is 0 Å². The highest BCUT2D eigenvalue weighted by Gasteiger charge is 2.42. The molecule has 0 bridgehead atoms. The van der Waals surface area contributed by atoms with Gasteiger partial charge >= 0.3 is 0 Å². The highest BCUT2D eigenvalue weighted by molar-refractivity contribution is 5.74. The van der Waals surface area contributed by atoms with Crippen molar-refractivity contribution in [3.05, 3.63) is 65.7 Å². The highest BCUT2D eigenvalue weighted by atomic mass is 16.5. The average molecular weight is 379 g/mol. The maximum atomic E-state index is 11.9. The summed E-state index contributed by atoms with van der Waals surface area (Å²) in [6.07, 6.45) is 3.19. The third kappa shape index (κ3) is 4.07. The number of hydrogen-bond donors (Lipinski definition) is 1. The standard InChI is InChI=1S/C24H30N2O2/c1-18(27)25-24(21-8-4-3-5-9-21)11-13-26(14-12-24)17-20-16-23(20)19-7-6-10-22(15-19)28-2/h3-10,15,20,23H,11-14,16-17H2,1-2H3,(H,25,27)/t20-,23+/m0/s1. The van der Waals surface area contributed by atoms with E-state index in [-0.39, 0.29) is 11.4 Å². The second-order valence-corrected chi connectivity index (χ2v) is 8.31. The number of rotatable bonds is 6. The van der Waals surface area contributed by atoms with Crippen LogP contribution in [0.4, 0.5) is 0 Å². The molecule has 4 nitrogen and oxygen atoms in total. The number of carbonyl (C=O) groups excluding carboxylic acids is 1. The molecule has 2 atom stereocenters. The zero-order valence-electron chi connectivity index (χ0n) is 16.9. The lowest BCUT2D eigenvalue weighted by molar-refractivity contribution is -0.121. The van der Waals surface area contributed by atoms with Crippen molar-refractivity contribution >= 4 is 5.91 Å². The van der Waals surface area contributed by atoms with Gasteiger partial charge in [-0.25, -0.2) is 0 Å². The molecular formula is C24H30N2O2. The van der Waals surface area contributed by atoms with Crippen LogP contribution in [0.5, 0.6) is 5.75 Å². The molecule has 4 heteroatoms. The Morgan fingerprint density at radius 2 is 1.89 bits per heavy atom. The molecule has 1 saturated heterocycles. The van der Waals surface area contributed by atoms with Gasteiger partial charge in [-0.1, -0.05) is 42.5 Å². The van der Waals surface area contributed by atoms with E-state index in [9.17, 15) is 4.79 Å². The largest absolute Gasteiger partial charge is 0.497 e. The molecule has 1 N–H and O–H groups in total. The minimum atomic E-state index is -0.223. The van der Waals surface area contributed by atoms with Crippen molar-refractivity contribution in [3.8, 4) is 5.75 Å².